The van der Waals surface area contributed by atoms with Gasteiger partial charge in [0.15, 0.2) is 0 Å². The van der Waals surface area contributed by atoms with Crippen LogP contribution < -0.4 is 26.2 Å². The van der Waals surface area contributed by atoms with Crippen LogP contribution in [-0.4, -0.2) is 15.8 Å². The third-order valence-corrected chi connectivity index (χ3v) is 23.6. The van der Waals surface area contributed by atoms with Gasteiger partial charge < -0.3 is 18.9 Å². The molecule has 0 bridgehead atoms. The van der Waals surface area contributed by atoms with E-state index < -0.39 is 0 Å². The van der Waals surface area contributed by atoms with Crippen molar-refractivity contribution >= 4 is 101 Å². The first-order valence-corrected chi connectivity index (χ1v) is 36.4. The molecule has 2 aliphatic carbocycles. The second kappa shape index (κ2) is 21.8. The highest BCUT2D eigenvalue weighted by Gasteiger charge is 2.46. The van der Waals surface area contributed by atoms with Crippen LogP contribution in [0.3, 0.4) is 0 Å². The minimum atomic E-state index is -0.177. The second-order valence-corrected chi connectivity index (χ2v) is 33.1. The van der Waals surface area contributed by atoms with Crippen LogP contribution in [0.2, 0.25) is 0 Å². The van der Waals surface area contributed by atoms with E-state index in [0.29, 0.717) is 0 Å². The molecule has 15 aromatic rings. The molecule has 0 atom stereocenters. The summed E-state index contributed by atoms with van der Waals surface area (Å²) in [4.78, 5) is 5.24. The molecule has 0 saturated heterocycles. The second-order valence-electron chi connectivity index (χ2n) is 33.1. The van der Waals surface area contributed by atoms with Crippen molar-refractivity contribution in [2.24, 2.45) is 0 Å². The third kappa shape index (κ3) is 9.41. The Morgan fingerprint density at radius 2 is 0.703 bits per heavy atom. The lowest BCUT2D eigenvalue weighted by Gasteiger charge is -2.45. The van der Waals surface area contributed by atoms with Crippen LogP contribution in [0.25, 0.3) is 99.5 Å². The quantitative estimate of drug-likeness (QED) is 0.141. The molecule has 0 N–H and O–H groups in total. The van der Waals surface area contributed by atoms with E-state index in [1.807, 2.05) is 0 Å². The molecule has 0 spiro atoms. The van der Waals surface area contributed by atoms with E-state index in [9.17, 15) is 0 Å². The van der Waals surface area contributed by atoms with Crippen LogP contribution in [0.4, 0.5) is 34.1 Å². The summed E-state index contributed by atoms with van der Waals surface area (Å²) in [6.07, 6.45) is 2.26. The summed E-state index contributed by atoms with van der Waals surface area (Å²) in [6, 6.07) is 107. The van der Waals surface area contributed by atoms with E-state index in [1.54, 1.807) is 0 Å². The van der Waals surface area contributed by atoms with Crippen molar-refractivity contribution in [1.29, 1.82) is 0 Å². The molecule has 490 valence electrons. The molecule has 2 aromatic heterocycles. The summed E-state index contributed by atoms with van der Waals surface area (Å²) < 4.78 is 5.04. The molecule has 0 saturated carbocycles. The van der Waals surface area contributed by atoms with Gasteiger partial charge in [-0.3, -0.25) is 0 Å². The normalized spacial score (nSPS) is 15.9. The van der Waals surface area contributed by atoms with E-state index in [2.05, 4.69) is 374 Å². The highest BCUT2D eigenvalue weighted by Crippen LogP contribution is 2.54. The molecule has 19 rings (SSSR count). The molecular formula is C96H83BN4. The van der Waals surface area contributed by atoms with Crippen LogP contribution in [0, 0.1) is 0 Å². The Bertz CT molecular complexity index is 5890. The Kier molecular flexibility index (Phi) is 13.2. The van der Waals surface area contributed by atoms with Gasteiger partial charge in [0, 0.05) is 61.4 Å². The predicted octanol–water partition coefficient (Wildman–Crippen LogP) is 23.8. The van der Waals surface area contributed by atoms with Crippen LogP contribution in [-0.2, 0) is 27.1 Å². The molecule has 4 heterocycles. The van der Waals surface area contributed by atoms with Gasteiger partial charge in [0.05, 0.1) is 27.8 Å². The standard InChI is InChI=1S/C96H83BN4/c1-92(2,3)76-29-19-15-25-71(76)66-40-50-87-82(54-66)97-81-48-45-69(100-85-32-22-18-28-74(85)75-51-63(39-49-86(75)100)60-23-13-12-14-24-60)55-88(81)99(68-43-35-62(36-44-68)65-38-47-78-80(53-65)96(10,11)59-94(78,6)7)90-57-70(101-83-30-20-16-26-72(83)73-27-17-21-31-84(73)101)56-89(91(90)97)98(87)67-41-33-61(34-42-67)64-37-46-77-79(52-64)95(8,9)58-93(77,4)5/h12-57H,58-59H2,1-11H3. The molecule has 2 aliphatic heterocycles. The number of para-hydroxylation sites is 3. The summed E-state index contributed by atoms with van der Waals surface area (Å²) in [5.74, 6) is 0. The van der Waals surface area contributed by atoms with Gasteiger partial charge in [-0.05, 0) is 214 Å². The number of hydrogen-bond donors (Lipinski definition) is 0. The fraction of sp³-hybridized carbons (Fsp3) is 0.188. The first-order valence-electron chi connectivity index (χ1n) is 36.4. The maximum absolute atomic E-state index is 2.63. The van der Waals surface area contributed by atoms with Crippen molar-refractivity contribution in [2.45, 2.75) is 116 Å². The van der Waals surface area contributed by atoms with Crippen LogP contribution in [0.1, 0.15) is 117 Å². The van der Waals surface area contributed by atoms with Crippen molar-refractivity contribution in [3.05, 3.63) is 307 Å². The largest absolute Gasteiger partial charge is 0.311 e. The van der Waals surface area contributed by atoms with E-state index in [4.69, 9.17) is 0 Å². The summed E-state index contributed by atoms with van der Waals surface area (Å²) in [7, 11) is 0. The molecular weight excluding hydrogens is 1220 g/mol. The fourth-order valence-electron chi connectivity index (χ4n) is 19.6. The molecule has 13 aromatic carbocycles. The zero-order valence-corrected chi connectivity index (χ0v) is 59.8. The fourth-order valence-corrected chi connectivity index (χ4v) is 19.6. The van der Waals surface area contributed by atoms with Gasteiger partial charge in [-0.25, -0.2) is 0 Å². The Hall–Kier alpha value is -10.9. The maximum atomic E-state index is 2.63. The highest BCUT2D eigenvalue weighted by molar-refractivity contribution is 7.00. The molecule has 0 unspecified atom stereocenters. The zero-order chi connectivity index (χ0) is 68.8. The highest BCUT2D eigenvalue weighted by atomic mass is 15.2. The van der Waals surface area contributed by atoms with Crippen molar-refractivity contribution in [1.82, 2.24) is 9.13 Å². The minimum absolute atomic E-state index is 0.0733. The van der Waals surface area contributed by atoms with Gasteiger partial charge in [0.1, 0.15) is 0 Å². The van der Waals surface area contributed by atoms with Crippen molar-refractivity contribution in [3.8, 4) is 55.9 Å². The number of nitrogens with zero attached hydrogens (tertiary/aromatic N) is 4. The van der Waals surface area contributed by atoms with Gasteiger partial charge in [0.2, 0.25) is 0 Å². The summed E-state index contributed by atoms with van der Waals surface area (Å²) in [6.45, 7) is 26.2. The Morgan fingerprint density at radius 3 is 1.27 bits per heavy atom. The molecule has 5 heteroatoms. The van der Waals surface area contributed by atoms with Crippen LogP contribution in [0.5, 0.6) is 0 Å². The van der Waals surface area contributed by atoms with Crippen molar-refractivity contribution in [3.63, 3.8) is 0 Å². The van der Waals surface area contributed by atoms with Crippen molar-refractivity contribution in [2.75, 3.05) is 9.80 Å². The van der Waals surface area contributed by atoms with Gasteiger partial charge in [0.25, 0.3) is 6.71 Å². The molecule has 0 amide bonds. The van der Waals surface area contributed by atoms with Gasteiger partial charge >= 0.3 is 0 Å². The van der Waals surface area contributed by atoms with E-state index in [-0.39, 0.29) is 33.8 Å². The molecule has 0 radical (unpaired) electrons. The summed E-state index contributed by atoms with van der Waals surface area (Å²) in [5.41, 5.74) is 34.9. The number of aromatic nitrogens is 2. The van der Waals surface area contributed by atoms with E-state index >= 15 is 0 Å². The number of anilines is 6. The lowest BCUT2D eigenvalue weighted by atomic mass is 9.33. The molecule has 4 aliphatic rings. The van der Waals surface area contributed by atoms with E-state index in [0.717, 1.165) is 52.7 Å². The van der Waals surface area contributed by atoms with Crippen molar-refractivity contribution < 1.29 is 0 Å². The van der Waals surface area contributed by atoms with E-state index in [1.165, 1.54) is 138 Å². The Morgan fingerprint density at radius 1 is 0.287 bits per heavy atom. The average molecular weight is 1300 g/mol. The lowest BCUT2D eigenvalue weighted by molar-refractivity contribution is 0.402. The third-order valence-electron chi connectivity index (χ3n) is 23.6. The first kappa shape index (κ1) is 61.2. The van der Waals surface area contributed by atoms with Gasteiger partial charge in [-0.2, -0.15) is 0 Å². The number of rotatable bonds is 8. The molecule has 101 heavy (non-hydrogen) atoms. The van der Waals surface area contributed by atoms with Crippen LogP contribution in [0.15, 0.2) is 279 Å². The summed E-state index contributed by atoms with van der Waals surface area (Å²) >= 11 is 0. The smallest absolute Gasteiger partial charge is 0.252 e. The van der Waals surface area contributed by atoms with Gasteiger partial charge in [-0.15, -0.1) is 0 Å². The Balaban J connectivity index is 0.891. The average Bonchev–Trinajstić information content (AvgIpc) is 1.47. The molecule has 0 fully saturated rings. The number of fused-ring (bicyclic) bond motifs is 12. The SMILES string of the molecule is CC(C)(C)c1ccccc1-c1ccc2c(c1)B1c3ccc(-n4c5ccccc5c5cc(-c6ccccc6)ccc54)cc3N(c3ccc(-c4ccc5c(c4)C(C)(C)CC5(C)C)cc3)c3cc(-n4c5ccccc5c5ccccc54)cc(c31)N2c1ccc(-c2ccc3c(c2)C(C)(C)CC3(C)C)cc1. The minimum Gasteiger partial charge on any atom is -0.311 e. The van der Waals surface area contributed by atoms with Gasteiger partial charge in [-0.1, -0.05) is 270 Å². The Labute approximate surface area is 594 Å². The van der Waals surface area contributed by atoms with Crippen LogP contribution >= 0.6 is 0 Å². The monoisotopic (exact) mass is 1300 g/mol. The first-order chi connectivity index (χ1) is 48.7. The number of benzene rings is 13. The zero-order valence-electron chi connectivity index (χ0n) is 59.8. The number of hydrogen-bond acceptors (Lipinski definition) is 2. The topological polar surface area (TPSA) is 16.3 Å². The maximum Gasteiger partial charge on any atom is 0.252 e. The predicted molar refractivity (Wildman–Crippen MR) is 431 cm³/mol. The summed E-state index contributed by atoms with van der Waals surface area (Å²) in [5, 5.41) is 4.92. The molecule has 4 nitrogen and oxygen atoms in total. The lowest BCUT2D eigenvalue weighted by Crippen LogP contribution is -2.61.